The van der Waals surface area contributed by atoms with Crippen LogP contribution >= 0.6 is 11.8 Å². The summed E-state index contributed by atoms with van der Waals surface area (Å²) >= 11 is 1.45. The minimum Gasteiger partial charge on any atom is -0.302 e. The van der Waals surface area contributed by atoms with Gasteiger partial charge in [0, 0.05) is 5.56 Å². The highest BCUT2D eigenvalue weighted by Crippen LogP contribution is 2.13. The van der Waals surface area contributed by atoms with E-state index in [-0.39, 0.29) is 5.56 Å². The Labute approximate surface area is 73.4 Å². The second kappa shape index (κ2) is 3.62. The molecule has 66 valence electrons. The topological polar surface area (TPSA) is 65.7 Å². The molecule has 1 heterocycles. The van der Waals surface area contributed by atoms with Gasteiger partial charge in [0.25, 0.3) is 5.56 Å². The molecule has 1 aromatic heterocycles. The molecule has 2 N–H and O–H groups in total. The van der Waals surface area contributed by atoms with E-state index in [1.165, 1.54) is 11.8 Å². The predicted octanol–water partition coefficient (Wildman–Crippen LogP) is 0.484. The summed E-state index contributed by atoms with van der Waals surface area (Å²) in [6, 6.07) is 0. The van der Waals surface area contributed by atoms with Crippen LogP contribution in [0.2, 0.25) is 0 Å². The zero-order valence-electron chi connectivity index (χ0n) is 6.93. The van der Waals surface area contributed by atoms with Gasteiger partial charge in [0.2, 0.25) is 0 Å². The third-order valence-corrected chi connectivity index (χ3v) is 2.41. The van der Waals surface area contributed by atoms with Crippen LogP contribution in [0.4, 0.5) is 0 Å². The van der Waals surface area contributed by atoms with Gasteiger partial charge < -0.3 is 4.98 Å². The second-order valence-electron chi connectivity index (χ2n) is 2.30. The number of H-pyrrole nitrogens is 2. The number of nitrogens with one attached hydrogen (secondary N) is 2. The van der Waals surface area contributed by atoms with Crippen LogP contribution in [0.25, 0.3) is 0 Å². The number of hydrogen-bond acceptors (Lipinski definition) is 3. The Bertz CT molecular complexity index is 380. The van der Waals surface area contributed by atoms with E-state index in [0.29, 0.717) is 10.6 Å². The molecule has 0 saturated heterocycles. The zero-order chi connectivity index (χ0) is 9.14. The molecule has 0 atom stereocenters. The molecule has 0 fully saturated rings. The van der Waals surface area contributed by atoms with Crippen LogP contribution in [0.15, 0.2) is 14.6 Å². The SMILES string of the molecule is CCSc1[nH]c(=O)[nH]c(=O)c1C. The summed E-state index contributed by atoms with van der Waals surface area (Å²) in [4.78, 5) is 26.6. The van der Waals surface area contributed by atoms with Crippen molar-refractivity contribution in [3.8, 4) is 0 Å². The van der Waals surface area contributed by atoms with Crippen molar-refractivity contribution < 1.29 is 0 Å². The minimum atomic E-state index is -0.443. The first-order valence-electron chi connectivity index (χ1n) is 3.61. The van der Waals surface area contributed by atoms with E-state index in [2.05, 4.69) is 9.97 Å². The van der Waals surface area contributed by atoms with Crippen molar-refractivity contribution in [3.05, 3.63) is 26.4 Å². The molecule has 1 rings (SSSR count). The average Bonchev–Trinajstić information content (AvgIpc) is 2.00. The summed E-state index contributed by atoms with van der Waals surface area (Å²) in [5, 5.41) is 0.659. The summed E-state index contributed by atoms with van der Waals surface area (Å²) < 4.78 is 0. The Hall–Kier alpha value is -0.970. The van der Waals surface area contributed by atoms with Crippen LogP contribution < -0.4 is 11.2 Å². The quantitative estimate of drug-likeness (QED) is 0.521. The number of aromatic nitrogens is 2. The number of thioether (sulfide) groups is 1. The monoisotopic (exact) mass is 186 g/mol. The molecular formula is C7H10N2O2S. The molecule has 0 saturated carbocycles. The lowest BCUT2D eigenvalue weighted by molar-refractivity contribution is 0.915. The highest BCUT2D eigenvalue weighted by Gasteiger charge is 2.02. The molecule has 0 unspecified atom stereocenters. The Morgan fingerprint density at radius 3 is 2.58 bits per heavy atom. The lowest BCUT2D eigenvalue weighted by atomic mass is 10.4. The maximum absolute atomic E-state index is 11.0. The fourth-order valence-corrected chi connectivity index (χ4v) is 1.58. The highest BCUT2D eigenvalue weighted by atomic mass is 32.2. The maximum atomic E-state index is 11.0. The summed E-state index contributed by atoms with van der Waals surface area (Å²) in [6.45, 7) is 3.65. The van der Waals surface area contributed by atoms with E-state index in [1.54, 1.807) is 6.92 Å². The van der Waals surface area contributed by atoms with E-state index >= 15 is 0 Å². The van der Waals surface area contributed by atoms with Crippen molar-refractivity contribution >= 4 is 11.8 Å². The van der Waals surface area contributed by atoms with Gasteiger partial charge in [0.1, 0.15) is 0 Å². The first kappa shape index (κ1) is 9.12. The Morgan fingerprint density at radius 1 is 1.33 bits per heavy atom. The molecular weight excluding hydrogens is 176 g/mol. The van der Waals surface area contributed by atoms with Crippen molar-refractivity contribution in [3.63, 3.8) is 0 Å². The van der Waals surface area contributed by atoms with Crippen LogP contribution in [0.1, 0.15) is 12.5 Å². The summed E-state index contributed by atoms with van der Waals surface area (Å²) in [5.41, 5.74) is -0.183. The predicted molar refractivity (Wildman–Crippen MR) is 48.8 cm³/mol. The van der Waals surface area contributed by atoms with E-state index < -0.39 is 5.69 Å². The zero-order valence-corrected chi connectivity index (χ0v) is 7.75. The average molecular weight is 186 g/mol. The molecule has 1 aromatic rings. The van der Waals surface area contributed by atoms with Crippen molar-refractivity contribution in [1.82, 2.24) is 9.97 Å². The molecule has 0 aromatic carbocycles. The summed E-state index contributed by atoms with van der Waals surface area (Å²) in [6.07, 6.45) is 0. The fourth-order valence-electron chi connectivity index (χ4n) is 0.817. The summed E-state index contributed by atoms with van der Waals surface area (Å²) in [5.74, 6) is 0.834. The van der Waals surface area contributed by atoms with E-state index in [9.17, 15) is 9.59 Å². The van der Waals surface area contributed by atoms with Gasteiger partial charge in [-0.2, -0.15) is 0 Å². The Balaban J connectivity index is 3.28. The second-order valence-corrected chi connectivity index (χ2v) is 3.57. The molecule has 0 aliphatic rings. The molecule has 4 nitrogen and oxygen atoms in total. The van der Waals surface area contributed by atoms with Crippen LogP contribution in [0, 0.1) is 6.92 Å². The van der Waals surface area contributed by atoms with Crippen molar-refractivity contribution in [2.24, 2.45) is 0 Å². The van der Waals surface area contributed by atoms with Gasteiger partial charge in [-0.3, -0.25) is 9.78 Å². The van der Waals surface area contributed by atoms with Gasteiger partial charge in [-0.05, 0) is 12.7 Å². The number of hydrogen-bond donors (Lipinski definition) is 2. The first-order chi connectivity index (χ1) is 5.65. The van der Waals surface area contributed by atoms with E-state index in [0.717, 1.165) is 5.75 Å². The van der Waals surface area contributed by atoms with Crippen molar-refractivity contribution in [2.45, 2.75) is 18.9 Å². The first-order valence-corrected chi connectivity index (χ1v) is 4.59. The smallest absolute Gasteiger partial charge is 0.302 e. The minimum absolute atomic E-state index is 0.310. The third kappa shape index (κ3) is 1.79. The van der Waals surface area contributed by atoms with Crippen LogP contribution in [-0.4, -0.2) is 15.7 Å². The Kier molecular flexibility index (Phi) is 2.75. The van der Waals surface area contributed by atoms with Gasteiger partial charge in [-0.1, -0.05) is 6.92 Å². The van der Waals surface area contributed by atoms with Gasteiger partial charge in [0.05, 0.1) is 5.03 Å². The molecule has 0 bridgehead atoms. The standard InChI is InChI=1S/C7H10N2O2S/c1-3-12-6-4(2)5(10)8-7(11)9-6/h3H2,1-2H3,(H2,8,9,10,11). The fraction of sp³-hybridized carbons (Fsp3) is 0.429. The lowest BCUT2D eigenvalue weighted by Gasteiger charge is -1.99. The molecule has 0 aliphatic carbocycles. The molecule has 12 heavy (non-hydrogen) atoms. The summed E-state index contributed by atoms with van der Waals surface area (Å²) in [7, 11) is 0. The normalized spacial score (nSPS) is 10.2. The molecule has 0 spiro atoms. The van der Waals surface area contributed by atoms with Crippen LogP contribution in [0.3, 0.4) is 0 Å². The lowest BCUT2D eigenvalue weighted by Crippen LogP contribution is -2.24. The Morgan fingerprint density at radius 2 is 2.00 bits per heavy atom. The van der Waals surface area contributed by atoms with Crippen molar-refractivity contribution in [2.75, 3.05) is 5.75 Å². The van der Waals surface area contributed by atoms with Crippen molar-refractivity contribution in [1.29, 1.82) is 0 Å². The molecule has 0 aliphatic heterocycles. The maximum Gasteiger partial charge on any atom is 0.326 e. The molecule has 0 amide bonds. The van der Waals surface area contributed by atoms with Gasteiger partial charge >= 0.3 is 5.69 Å². The highest BCUT2D eigenvalue weighted by molar-refractivity contribution is 7.99. The molecule has 0 radical (unpaired) electrons. The molecule has 5 heteroatoms. The van der Waals surface area contributed by atoms with Crippen LogP contribution in [-0.2, 0) is 0 Å². The van der Waals surface area contributed by atoms with E-state index in [4.69, 9.17) is 0 Å². The number of rotatable bonds is 2. The largest absolute Gasteiger partial charge is 0.326 e. The van der Waals surface area contributed by atoms with Gasteiger partial charge in [-0.25, -0.2) is 4.79 Å². The van der Waals surface area contributed by atoms with E-state index in [1.807, 2.05) is 6.92 Å². The van der Waals surface area contributed by atoms with Gasteiger partial charge in [0.15, 0.2) is 0 Å². The number of aromatic amines is 2. The van der Waals surface area contributed by atoms with Crippen LogP contribution in [0.5, 0.6) is 0 Å². The third-order valence-electron chi connectivity index (χ3n) is 1.42. The van der Waals surface area contributed by atoms with Gasteiger partial charge in [-0.15, -0.1) is 11.8 Å².